The molecule has 1 aliphatic heterocycles. The van der Waals surface area contributed by atoms with Gasteiger partial charge in [0.15, 0.2) is 0 Å². The molecule has 7 nitrogen and oxygen atoms in total. The summed E-state index contributed by atoms with van der Waals surface area (Å²) < 4.78 is 32.0. The number of benzene rings is 2. The molecule has 0 saturated carbocycles. The van der Waals surface area contributed by atoms with Crippen molar-refractivity contribution in [2.75, 3.05) is 25.0 Å². The molecule has 0 aliphatic carbocycles. The molecule has 2 aromatic rings. The van der Waals surface area contributed by atoms with Crippen molar-refractivity contribution in [1.82, 2.24) is 4.31 Å². The Kier molecular flexibility index (Phi) is 7.92. The van der Waals surface area contributed by atoms with Gasteiger partial charge < -0.3 is 10.1 Å². The first-order valence-electron chi connectivity index (χ1n) is 10.5. The number of halogens is 1. The van der Waals surface area contributed by atoms with Gasteiger partial charge in [-0.05, 0) is 50.5 Å². The lowest BCUT2D eigenvalue weighted by molar-refractivity contribution is -0.120. The third kappa shape index (κ3) is 6.09. The highest BCUT2D eigenvalue weighted by atomic mass is 35.5. The molecule has 2 aromatic carbocycles. The molecule has 0 spiro atoms. The number of anilines is 1. The van der Waals surface area contributed by atoms with E-state index in [4.69, 9.17) is 16.3 Å². The quantitative estimate of drug-likeness (QED) is 0.607. The van der Waals surface area contributed by atoms with Crippen LogP contribution >= 0.6 is 11.6 Å². The van der Waals surface area contributed by atoms with Gasteiger partial charge in [0, 0.05) is 19.0 Å². The first kappa shape index (κ1) is 24.2. The van der Waals surface area contributed by atoms with Crippen LogP contribution < -0.4 is 5.32 Å². The second-order valence-electron chi connectivity index (χ2n) is 7.82. The standard InChI is InChI=1S/C23H27ClN2O5S/c1-3-31-23(28)19-7-8-21(20(24)14-19)25-22(27)18-9-11-26(12-10-18)32(29,30)15-17-6-4-5-16(2)13-17/h4-8,13-14,18H,3,9-12,15H2,1-2H3,(H,25,27). The van der Waals surface area contributed by atoms with Crippen LogP contribution in [0.4, 0.5) is 5.69 Å². The van der Waals surface area contributed by atoms with Crippen molar-refractivity contribution in [3.05, 3.63) is 64.2 Å². The molecule has 0 bridgehead atoms. The van der Waals surface area contributed by atoms with Crippen LogP contribution in [0.3, 0.4) is 0 Å². The molecule has 32 heavy (non-hydrogen) atoms. The zero-order chi connectivity index (χ0) is 23.3. The number of ether oxygens (including phenoxy) is 1. The van der Waals surface area contributed by atoms with Crippen molar-refractivity contribution < 1.29 is 22.7 Å². The monoisotopic (exact) mass is 478 g/mol. The number of hydrogen-bond acceptors (Lipinski definition) is 5. The van der Waals surface area contributed by atoms with Crippen molar-refractivity contribution in [3.63, 3.8) is 0 Å². The number of carbonyl (C=O) groups excluding carboxylic acids is 2. The molecule has 0 atom stereocenters. The van der Waals surface area contributed by atoms with Crippen LogP contribution in [0.15, 0.2) is 42.5 Å². The van der Waals surface area contributed by atoms with Crippen molar-refractivity contribution >= 4 is 39.2 Å². The first-order valence-corrected chi connectivity index (χ1v) is 12.5. The third-order valence-corrected chi connectivity index (χ3v) is 7.55. The SMILES string of the molecule is CCOC(=O)c1ccc(NC(=O)C2CCN(S(=O)(=O)Cc3cccc(C)c3)CC2)c(Cl)c1. The van der Waals surface area contributed by atoms with E-state index < -0.39 is 16.0 Å². The van der Waals surface area contributed by atoms with Crippen molar-refractivity contribution in [2.45, 2.75) is 32.4 Å². The van der Waals surface area contributed by atoms with Gasteiger partial charge in [0.25, 0.3) is 0 Å². The Morgan fingerprint density at radius 3 is 2.50 bits per heavy atom. The number of amides is 1. The van der Waals surface area contributed by atoms with Gasteiger partial charge in [-0.3, -0.25) is 4.79 Å². The number of sulfonamides is 1. The van der Waals surface area contributed by atoms with Crippen LogP contribution in [0.2, 0.25) is 5.02 Å². The Morgan fingerprint density at radius 2 is 1.88 bits per heavy atom. The Morgan fingerprint density at radius 1 is 1.16 bits per heavy atom. The second-order valence-corrected chi connectivity index (χ2v) is 10.2. The van der Waals surface area contributed by atoms with Crippen LogP contribution in [-0.2, 0) is 25.3 Å². The molecule has 0 radical (unpaired) electrons. The van der Waals surface area contributed by atoms with E-state index in [2.05, 4.69) is 5.32 Å². The number of hydrogen-bond donors (Lipinski definition) is 1. The molecule has 1 saturated heterocycles. The topological polar surface area (TPSA) is 92.8 Å². The minimum atomic E-state index is -3.45. The molecule has 1 heterocycles. The summed E-state index contributed by atoms with van der Waals surface area (Å²) in [6.07, 6.45) is 0.856. The largest absolute Gasteiger partial charge is 0.462 e. The maximum Gasteiger partial charge on any atom is 0.338 e. The lowest BCUT2D eigenvalue weighted by atomic mass is 9.97. The second kappa shape index (κ2) is 10.5. The Hall–Kier alpha value is -2.42. The van der Waals surface area contributed by atoms with Gasteiger partial charge in [0.05, 0.1) is 28.6 Å². The average molecular weight is 479 g/mol. The van der Waals surface area contributed by atoms with Crippen molar-refractivity contribution in [1.29, 1.82) is 0 Å². The molecule has 172 valence electrons. The molecule has 3 rings (SSSR count). The highest BCUT2D eigenvalue weighted by molar-refractivity contribution is 7.88. The lowest BCUT2D eigenvalue weighted by Gasteiger charge is -2.30. The van der Waals surface area contributed by atoms with Crippen molar-refractivity contribution in [2.24, 2.45) is 5.92 Å². The summed E-state index contributed by atoms with van der Waals surface area (Å²) in [6.45, 7) is 4.49. The van der Waals surface area contributed by atoms with E-state index in [9.17, 15) is 18.0 Å². The van der Waals surface area contributed by atoms with E-state index in [0.29, 0.717) is 37.2 Å². The maximum absolute atomic E-state index is 12.8. The fourth-order valence-corrected chi connectivity index (χ4v) is 5.47. The van der Waals surface area contributed by atoms with E-state index in [1.54, 1.807) is 19.1 Å². The molecule has 1 aliphatic rings. The number of esters is 1. The molecule has 0 unspecified atom stereocenters. The minimum absolute atomic E-state index is 0.0477. The summed E-state index contributed by atoms with van der Waals surface area (Å²) in [5, 5.41) is 3.02. The van der Waals surface area contributed by atoms with E-state index in [-0.39, 0.29) is 29.2 Å². The third-order valence-electron chi connectivity index (χ3n) is 5.39. The van der Waals surface area contributed by atoms with Gasteiger partial charge in [-0.1, -0.05) is 41.4 Å². The van der Waals surface area contributed by atoms with Gasteiger partial charge in [0.1, 0.15) is 0 Å². The Bertz CT molecular complexity index is 1100. The molecular formula is C23H27ClN2O5S. The van der Waals surface area contributed by atoms with Crippen LogP contribution in [-0.4, -0.2) is 44.3 Å². The van der Waals surface area contributed by atoms with Gasteiger partial charge in [-0.15, -0.1) is 0 Å². The number of nitrogens with one attached hydrogen (secondary N) is 1. The fourth-order valence-electron chi connectivity index (χ4n) is 3.69. The molecule has 1 amide bonds. The van der Waals surface area contributed by atoms with E-state index >= 15 is 0 Å². The van der Waals surface area contributed by atoms with Crippen molar-refractivity contribution in [3.8, 4) is 0 Å². The van der Waals surface area contributed by atoms with Crippen LogP contribution in [0, 0.1) is 12.8 Å². The van der Waals surface area contributed by atoms with Gasteiger partial charge in [-0.2, -0.15) is 0 Å². The maximum atomic E-state index is 12.8. The number of aryl methyl sites for hydroxylation is 1. The summed E-state index contributed by atoms with van der Waals surface area (Å²) in [5.74, 6) is -1.06. The molecule has 9 heteroatoms. The van der Waals surface area contributed by atoms with Crippen LogP contribution in [0.25, 0.3) is 0 Å². The lowest BCUT2D eigenvalue weighted by Crippen LogP contribution is -2.41. The number of piperidine rings is 1. The summed E-state index contributed by atoms with van der Waals surface area (Å²) in [6, 6.07) is 12.0. The van der Waals surface area contributed by atoms with Gasteiger partial charge in [0.2, 0.25) is 15.9 Å². The number of nitrogens with zero attached hydrogens (tertiary/aromatic N) is 1. The number of rotatable bonds is 7. The summed E-state index contributed by atoms with van der Waals surface area (Å²) in [7, 11) is -3.45. The number of carbonyl (C=O) groups is 2. The zero-order valence-corrected chi connectivity index (χ0v) is 19.7. The predicted molar refractivity (Wildman–Crippen MR) is 124 cm³/mol. The molecule has 1 N–H and O–H groups in total. The average Bonchev–Trinajstić information content (AvgIpc) is 2.75. The summed E-state index contributed by atoms with van der Waals surface area (Å²) >= 11 is 6.22. The van der Waals surface area contributed by atoms with E-state index in [1.807, 2.05) is 31.2 Å². The highest BCUT2D eigenvalue weighted by Gasteiger charge is 2.31. The fraction of sp³-hybridized carbons (Fsp3) is 0.391. The van der Waals surface area contributed by atoms with E-state index in [1.165, 1.54) is 10.4 Å². The molecular weight excluding hydrogens is 452 g/mol. The van der Waals surface area contributed by atoms with Gasteiger partial charge in [-0.25, -0.2) is 17.5 Å². The van der Waals surface area contributed by atoms with Gasteiger partial charge >= 0.3 is 5.97 Å². The smallest absolute Gasteiger partial charge is 0.338 e. The summed E-state index contributed by atoms with van der Waals surface area (Å²) in [5.41, 5.74) is 2.48. The molecule has 1 fully saturated rings. The first-order chi connectivity index (χ1) is 15.2. The predicted octanol–water partition coefficient (Wildman–Crippen LogP) is 4.01. The minimum Gasteiger partial charge on any atom is -0.462 e. The molecule has 0 aromatic heterocycles. The van der Waals surface area contributed by atoms with Crippen LogP contribution in [0.5, 0.6) is 0 Å². The summed E-state index contributed by atoms with van der Waals surface area (Å²) in [4.78, 5) is 24.5. The Balaban J connectivity index is 1.57. The Labute approximate surface area is 193 Å². The highest BCUT2D eigenvalue weighted by Crippen LogP contribution is 2.27. The van der Waals surface area contributed by atoms with Crippen LogP contribution in [0.1, 0.15) is 41.3 Å². The zero-order valence-electron chi connectivity index (χ0n) is 18.1. The normalized spacial score (nSPS) is 15.3. The van der Waals surface area contributed by atoms with E-state index in [0.717, 1.165) is 11.1 Å².